The molecule has 88 valence electrons. The number of rotatable bonds is 3. The molecule has 0 saturated carbocycles. The van der Waals surface area contributed by atoms with Crippen molar-refractivity contribution in [2.75, 3.05) is 20.2 Å². The van der Waals surface area contributed by atoms with Crippen LogP contribution in [0.1, 0.15) is 23.7 Å². The highest BCUT2D eigenvalue weighted by Gasteiger charge is 2.29. The molecule has 0 spiro atoms. The average molecular weight is 284 g/mol. The van der Waals surface area contributed by atoms with Crippen molar-refractivity contribution in [2.24, 2.45) is 5.92 Å². The Balaban J connectivity index is 2.19. The fourth-order valence-electron chi connectivity index (χ4n) is 2.26. The van der Waals surface area contributed by atoms with E-state index in [4.69, 9.17) is 4.74 Å². The molecular weight excluding hydrogens is 266 g/mol. The third-order valence-corrected chi connectivity index (χ3v) is 4.06. The highest BCUT2D eigenvalue weighted by Crippen LogP contribution is 2.35. The highest BCUT2D eigenvalue weighted by atomic mass is 79.9. The predicted molar refractivity (Wildman–Crippen MR) is 69.6 cm³/mol. The summed E-state index contributed by atoms with van der Waals surface area (Å²) in [6, 6.07) is 6.52. The van der Waals surface area contributed by atoms with Crippen LogP contribution in [0.15, 0.2) is 22.7 Å². The van der Waals surface area contributed by atoms with E-state index in [9.17, 15) is 0 Å². The number of hydrogen-bond acceptors (Lipinski definition) is 2. The summed E-state index contributed by atoms with van der Waals surface area (Å²) < 4.78 is 7.01. The lowest BCUT2D eigenvalue weighted by atomic mass is 9.95. The molecule has 2 rings (SSSR count). The van der Waals surface area contributed by atoms with Crippen LogP contribution in [-0.4, -0.2) is 20.2 Å². The molecule has 0 amide bonds. The van der Waals surface area contributed by atoms with E-state index in [1.165, 1.54) is 15.6 Å². The van der Waals surface area contributed by atoms with Gasteiger partial charge in [-0.25, -0.2) is 0 Å². The molecule has 2 unspecified atom stereocenters. The molecule has 0 aromatic heterocycles. The molecule has 0 bridgehead atoms. The molecule has 1 fully saturated rings. The zero-order chi connectivity index (χ0) is 11.5. The summed E-state index contributed by atoms with van der Waals surface area (Å²) in [6.45, 7) is 4.01. The molecule has 0 aliphatic carbocycles. The first-order valence-corrected chi connectivity index (χ1v) is 6.54. The lowest BCUT2D eigenvalue weighted by Crippen LogP contribution is -2.21. The highest BCUT2D eigenvalue weighted by molar-refractivity contribution is 9.10. The maximum Gasteiger partial charge on any atom is 0.0866 e. The van der Waals surface area contributed by atoms with Crippen LogP contribution in [0.5, 0.6) is 0 Å². The fraction of sp³-hybridized carbons (Fsp3) is 0.538. The van der Waals surface area contributed by atoms with E-state index in [0.29, 0.717) is 5.92 Å². The monoisotopic (exact) mass is 283 g/mol. The minimum absolute atomic E-state index is 0.254. The molecule has 1 heterocycles. The first-order chi connectivity index (χ1) is 7.72. The van der Waals surface area contributed by atoms with Gasteiger partial charge in [0, 0.05) is 23.5 Å². The molecule has 1 aliphatic rings. The zero-order valence-corrected chi connectivity index (χ0v) is 11.4. The van der Waals surface area contributed by atoms with Gasteiger partial charge in [0.1, 0.15) is 0 Å². The number of ether oxygens (including phenoxy) is 1. The van der Waals surface area contributed by atoms with E-state index in [-0.39, 0.29) is 6.10 Å². The second-order valence-corrected chi connectivity index (χ2v) is 5.26. The van der Waals surface area contributed by atoms with Crippen LogP contribution in [0, 0.1) is 12.8 Å². The zero-order valence-electron chi connectivity index (χ0n) is 9.79. The van der Waals surface area contributed by atoms with Crippen molar-refractivity contribution in [1.29, 1.82) is 0 Å². The van der Waals surface area contributed by atoms with Gasteiger partial charge in [0.25, 0.3) is 0 Å². The van der Waals surface area contributed by atoms with Crippen molar-refractivity contribution in [1.82, 2.24) is 5.32 Å². The second-order valence-electron chi connectivity index (χ2n) is 4.41. The quantitative estimate of drug-likeness (QED) is 0.921. The first-order valence-electron chi connectivity index (χ1n) is 5.74. The van der Waals surface area contributed by atoms with Gasteiger partial charge in [-0.2, -0.15) is 0 Å². The van der Waals surface area contributed by atoms with Crippen LogP contribution in [0.3, 0.4) is 0 Å². The lowest BCUT2D eigenvalue weighted by molar-refractivity contribution is 0.0909. The summed E-state index contributed by atoms with van der Waals surface area (Å²) in [5.74, 6) is 0.597. The van der Waals surface area contributed by atoms with Crippen molar-refractivity contribution in [3.05, 3.63) is 33.8 Å². The van der Waals surface area contributed by atoms with Gasteiger partial charge in [-0.3, -0.25) is 0 Å². The summed E-state index contributed by atoms with van der Waals surface area (Å²) in [5.41, 5.74) is 2.56. The SMILES string of the molecule is CNCC1CCOC1c1ccc(C)c(Br)c1. The number of hydrogen-bond donors (Lipinski definition) is 1. The van der Waals surface area contributed by atoms with Gasteiger partial charge in [-0.1, -0.05) is 28.1 Å². The molecule has 2 atom stereocenters. The Morgan fingerprint density at radius 2 is 2.31 bits per heavy atom. The molecule has 2 nitrogen and oxygen atoms in total. The standard InChI is InChI=1S/C13H18BrNO/c1-9-3-4-10(7-12(9)14)13-11(8-15-2)5-6-16-13/h3-4,7,11,13,15H,5-6,8H2,1-2H3. The summed E-state index contributed by atoms with van der Waals surface area (Å²) in [4.78, 5) is 0. The maximum atomic E-state index is 5.84. The van der Waals surface area contributed by atoms with E-state index in [0.717, 1.165) is 19.6 Å². The van der Waals surface area contributed by atoms with E-state index in [2.05, 4.69) is 46.4 Å². The van der Waals surface area contributed by atoms with Gasteiger partial charge < -0.3 is 10.1 Å². The lowest BCUT2D eigenvalue weighted by Gasteiger charge is -2.19. The molecular formula is C13H18BrNO. The van der Waals surface area contributed by atoms with Crippen molar-refractivity contribution >= 4 is 15.9 Å². The van der Waals surface area contributed by atoms with Crippen LogP contribution < -0.4 is 5.32 Å². The van der Waals surface area contributed by atoms with Crippen LogP contribution >= 0.6 is 15.9 Å². The Kier molecular flexibility index (Phi) is 4.00. The molecule has 1 saturated heterocycles. The van der Waals surface area contributed by atoms with Gasteiger partial charge >= 0.3 is 0 Å². The maximum absolute atomic E-state index is 5.84. The topological polar surface area (TPSA) is 21.3 Å². The summed E-state index contributed by atoms with van der Waals surface area (Å²) in [6.07, 6.45) is 1.40. The van der Waals surface area contributed by atoms with E-state index in [1.54, 1.807) is 0 Å². The fourth-order valence-corrected chi connectivity index (χ4v) is 2.66. The average Bonchev–Trinajstić information content (AvgIpc) is 2.71. The normalized spacial score (nSPS) is 24.9. The smallest absolute Gasteiger partial charge is 0.0866 e. The Bertz CT molecular complexity index is 367. The molecule has 16 heavy (non-hydrogen) atoms. The van der Waals surface area contributed by atoms with Crippen LogP contribution in [0.2, 0.25) is 0 Å². The van der Waals surface area contributed by atoms with Crippen molar-refractivity contribution < 1.29 is 4.74 Å². The van der Waals surface area contributed by atoms with Crippen LogP contribution in [-0.2, 0) is 4.74 Å². The molecule has 1 aromatic rings. The minimum Gasteiger partial charge on any atom is -0.373 e. The van der Waals surface area contributed by atoms with Gasteiger partial charge in [0.2, 0.25) is 0 Å². The van der Waals surface area contributed by atoms with Crippen molar-refractivity contribution in [3.8, 4) is 0 Å². The Morgan fingerprint density at radius 1 is 1.50 bits per heavy atom. The van der Waals surface area contributed by atoms with E-state index in [1.807, 2.05) is 7.05 Å². The summed E-state index contributed by atoms with van der Waals surface area (Å²) >= 11 is 3.58. The molecule has 1 aromatic carbocycles. The predicted octanol–water partition coefficient (Wildman–Crippen LogP) is 3.05. The molecule has 1 N–H and O–H groups in total. The summed E-state index contributed by atoms with van der Waals surface area (Å²) in [7, 11) is 2.00. The first kappa shape index (κ1) is 12.1. The molecule has 1 aliphatic heterocycles. The van der Waals surface area contributed by atoms with Crippen molar-refractivity contribution in [3.63, 3.8) is 0 Å². The molecule has 3 heteroatoms. The third-order valence-electron chi connectivity index (χ3n) is 3.20. The number of nitrogens with one attached hydrogen (secondary N) is 1. The largest absolute Gasteiger partial charge is 0.373 e. The number of halogens is 1. The summed E-state index contributed by atoms with van der Waals surface area (Å²) in [5, 5.41) is 3.24. The van der Waals surface area contributed by atoms with Gasteiger partial charge in [-0.15, -0.1) is 0 Å². The van der Waals surface area contributed by atoms with Crippen LogP contribution in [0.25, 0.3) is 0 Å². The Labute approximate surface area is 106 Å². The second kappa shape index (κ2) is 5.30. The number of aryl methyl sites for hydroxylation is 1. The van der Waals surface area contributed by atoms with Crippen LogP contribution in [0.4, 0.5) is 0 Å². The van der Waals surface area contributed by atoms with Gasteiger partial charge in [0.15, 0.2) is 0 Å². The third kappa shape index (κ3) is 2.47. The van der Waals surface area contributed by atoms with Crippen molar-refractivity contribution in [2.45, 2.75) is 19.4 Å². The van der Waals surface area contributed by atoms with Gasteiger partial charge in [-0.05, 0) is 37.6 Å². The molecule has 0 radical (unpaired) electrons. The minimum atomic E-state index is 0.254. The Morgan fingerprint density at radius 3 is 3.00 bits per heavy atom. The number of benzene rings is 1. The van der Waals surface area contributed by atoms with Gasteiger partial charge in [0.05, 0.1) is 6.10 Å². The Hall–Kier alpha value is -0.380. The van der Waals surface area contributed by atoms with E-state index >= 15 is 0 Å². The van der Waals surface area contributed by atoms with E-state index < -0.39 is 0 Å².